The summed E-state index contributed by atoms with van der Waals surface area (Å²) in [4.78, 5) is -0.262. The summed E-state index contributed by atoms with van der Waals surface area (Å²) in [6.07, 6.45) is 5.41. The van der Waals surface area contributed by atoms with Crippen LogP contribution in [0.15, 0.2) is 23.1 Å². The van der Waals surface area contributed by atoms with Gasteiger partial charge in [-0.1, -0.05) is 32.6 Å². The standard InChI is InChI=1S/C13H18ClFO3S/c1-2-3-4-5-6-9-18-13-8-7-11(10-12(13)15)19(14,16)17/h7-8,10H,2-6,9H2,1H3. The van der Waals surface area contributed by atoms with Crippen LogP contribution >= 0.6 is 10.7 Å². The molecule has 0 fully saturated rings. The maximum atomic E-state index is 13.6. The van der Waals surface area contributed by atoms with Crippen LogP contribution in [-0.2, 0) is 9.05 Å². The highest BCUT2D eigenvalue weighted by Gasteiger charge is 2.13. The van der Waals surface area contributed by atoms with E-state index < -0.39 is 14.9 Å². The first-order valence-electron chi connectivity index (χ1n) is 6.32. The van der Waals surface area contributed by atoms with E-state index in [0.717, 1.165) is 25.3 Å². The third kappa shape index (κ3) is 5.78. The molecule has 0 atom stereocenters. The largest absolute Gasteiger partial charge is 0.491 e. The van der Waals surface area contributed by atoms with E-state index in [2.05, 4.69) is 6.92 Å². The van der Waals surface area contributed by atoms with E-state index in [1.54, 1.807) is 0 Å². The highest BCUT2D eigenvalue weighted by molar-refractivity contribution is 8.13. The summed E-state index contributed by atoms with van der Waals surface area (Å²) < 4.78 is 40.9. The smallest absolute Gasteiger partial charge is 0.261 e. The van der Waals surface area contributed by atoms with Gasteiger partial charge in [-0.15, -0.1) is 0 Å². The van der Waals surface area contributed by atoms with E-state index in [4.69, 9.17) is 15.4 Å². The Balaban J connectivity index is 2.47. The van der Waals surface area contributed by atoms with Crippen molar-refractivity contribution in [3.8, 4) is 5.75 Å². The molecule has 0 heterocycles. The molecule has 0 aliphatic rings. The van der Waals surface area contributed by atoms with Crippen molar-refractivity contribution in [3.05, 3.63) is 24.0 Å². The summed E-state index contributed by atoms with van der Waals surface area (Å²) in [6.45, 7) is 2.56. The van der Waals surface area contributed by atoms with Gasteiger partial charge in [0.05, 0.1) is 11.5 Å². The van der Waals surface area contributed by atoms with E-state index in [9.17, 15) is 12.8 Å². The summed E-state index contributed by atoms with van der Waals surface area (Å²) >= 11 is 0. The minimum absolute atomic E-state index is 0.0551. The molecular weight excluding hydrogens is 291 g/mol. The summed E-state index contributed by atoms with van der Waals surface area (Å²) in [6, 6.07) is 3.39. The second-order valence-electron chi connectivity index (χ2n) is 4.29. The van der Waals surface area contributed by atoms with Crippen LogP contribution < -0.4 is 4.74 Å². The van der Waals surface area contributed by atoms with Crippen molar-refractivity contribution in [3.63, 3.8) is 0 Å². The van der Waals surface area contributed by atoms with Gasteiger partial charge in [-0.05, 0) is 24.6 Å². The normalized spacial score (nSPS) is 11.5. The molecule has 0 radical (unpaired) electrons. The van der Waals surface area contributed by atoms with Crippen LogP contribution in [0.5, 0.6) is 5.75 Å². The number of halogens is 2. The molecule has 0 saturated carbocycles. The first-order valence-corrected chi connectivity index (χ1v) is 8.63. The van der Waals surface area contributed by atoms with Crippen molar-refractivity contribution in [2.24, 2.45) is 0 Å². The first-order chi connectivity index (χ1) is 8.95. The Bertz CT molecular complexity index is 503. The van der Waals surface area contributed by atoms with E-state index in [1.165, 1.54) is 25.0 Å². The average molecular weight is 309 g/mol. The lowest BCUT2D eigenvalue weighted by atomic mass is 10.2. The molecule has 19 heavy (non-hydrogen) atoms. The zero-order valence-corrected chi connectivity index (χ0v) is 12.4. The Morgan fingerprint density at radius 1 is 1.21 bits per heavy atom. The average Bonchev–Trinajstić information content (AvgIpc) is 2.34. The fraction of sp³-hybridized carbons (Fsp3) is 0.538. The van der Waals surface area contributed by atoms with Crippen molar-refractivity contribution in [2.75, 3.05) is 6.61 Å². The third-order valence-electron chi connectivity index (χ3n) is 2.69. The number of benzene rings is 1. The van der Waals surface area contributed by atoms with Crippen LogP contribution in [0.1, 0.15) is 39.0 Å². The minimum Gasteiger partial charge on any atom is -0.491 e. The molecule has 108 valence electrons. The predicted octanol–water partition coefficient (Wildman–Crippen LogP) is 4.10. The molecule has 0 saturated heterocycles. The van der Waals surface area contributed by atoms with Crippen molar-refractivity contribution >= 4 is 19.7 Å². The Hall–Kier alpha value is -0.810. The van der Waals surface area contributed by atoms with E-state index in [1.807, 2.05) is 0 Å². The molecular formula is C13H18ClFO3S. The zero-order valence-electron chi connectivity index (χ0n) is 10.9. The van der Waals surface area contributed by atoms with Gasteiger partial charge in [0.15, 0.2) is 11.6 Å². The zero-order chi connectivity index (χ0) is 14.3. The Kier molecular flexibility index (Phi) is 6.58. The van der Waals surface area contributed by atoms with Crippen LogP contribution in [0.4, 0.5) is 4.39 Å². The second kappa shape index (κ2) is 7.70. The number of hydrogen-bond donors (Lipinski definition) is 0. The van der Waals surface area contributed by atoms with Gasteiger partial charge in [0.2, 0.25) is 0 Å². The molecule has 0 aliphatic carbocycles. The van der Waals surface area contributed by atoms with Gasteiger partial charge in [-0.25, -0.2) is 12.8 Å². The quantitative estimate of drug-likeness (QED) is 0.536. The molecule has 3 nitrogen and oxygen atoms in total. The van der Waals surface area contributed by atoms with Crippen molar-refractivity contribution in [1.82, 2.24) is 0 Å². The third-order valence-corrected chi connectivity index (χ3v) is 4.04. The highest BCUT2D eigenvalue weighted by atomic mass is 35.7. The second-order valence-corrected chi connectivity index (χ2v) is 6.86. The maximum absolute atomic E-state index is 13.6. The lowest BCUT2D eigenvalue weighted by molar-refractivity contribution is 0.289. The first kappa shape index (κ1) is 16.2. The van der Waals surface area contributed by atoms with Crippen molar-refractivity contribution in [1.29, 1.82) is 0 Å². The monoisotopic (exact) mass is 308 g/mol. The number of ether oxygens (including phenoxy) is 1. The minimum atomic E-state index is -3.90. The summed E-state index contributed by atoms with van der Waals surface area (Å²) in [5.41, 5.74) is 0. The van der Waals surface area contributed by atoms with E-state index >= 15 is 0 Å². The Morgan fingerprint density at radius 2 is 1.89 bits per heavy atom. The van der Waals surface area contributed by atoms with Crippen LogP contribution in [0.25, 0.3) is 0 Å². The van der Waals surface area contributed by atoms with Gasteiger partial charge in [-0.2, -0.15) is 0 Å². The molecule has 0 N–H and O–H groups in total. The Labute approximate surface area is 118 Å². The summed E-state index contributed by atoms with van der Waals surface area (Å²) in [7, 11) is 1.22. The summed E-state index contributed by atoms with van der Waals surface area (Å²) in [5, 5.41) is 0. The lowest BCUT2D eigenvalue weighted by Gasteiger charge is -2.07. The van der Waals surface area contributed by atoms with Crippen molar-refractivity contribution < 1.29 is 17.5 Å². The van der Waals surface area contributed by atoms with E-state index in [0.29, 0.717) is 6.61 Å². The maximum Gasteiger partial charge on any atom is 0.261 e. The molecule has 1 aromatic carbocycles. The van der Waals surface area contributed by atoms with Gasteiger partial charge >= 0.3 is 0 Å². The van der Waals surface area contributed by atoms with Crippen molar-refractivity contribution in [2.45, 2.75) is 43.9 Å². The van der Waals surface area contributed by atoms with Crippen LogP contribution in [0.3, 0.4) is 0 Å². The molecule has 6 heteroatoms. The van der Waals surface area contributed by atoms with Gasteiger partial charge in [0.25, 0.3) is 9.05 Å². The fourth-order valence-corrected chi connectivity index (χ4v) is 2.40. The van der Waals surface area contributed by atoms with E-state index in [-0.39, 0.29) is 10.6 Å². The summed E-state index contributed by atoms with van der Waals surface area (Å²) in [5.74, 6) is -0.658. The van der Waals surface area contributed by atoms with Gasteiger partial charge in [0, 0.05) is 10.7 Å². The van der Waals surface area contributed by atoms with Gasteiger partial charge in [-0.3, -0.25) is 0 Å². The topological polar surface area (TPSA) is 43.4 Å². The molecule has 0 amide bonds. The molecule has 1 aromatic rings. The molecule has 0 spiro atoms. The van der Waals surface area contributed by atoms with Gasteiger partial charge in [0.1, 0.15) is 0 Å². The lowest BCUT2D eigenvalue weighted by Crippen LogP contribution is -2.00. The number of rotatable bonds is 8. The predicted molar refractivity (Wildman–Crippen MR) is 73.7 cm³/mol. The van der Waals surface area contributed by atoms with Crippen LogP contribution in [0, 0.1) is 5.82 Å². The Morgan fingerprint density at radius 3 is 2.47 bits per heavy atom. The molecule has 0 unspecified atom stereocenters. The molecule has 1 rings (SSSR count). The van der Waals surface area contributed by atoms with Crippen LogP contribution in [-0.4, -0.2) is 15.0 Å². The van der Waals surface area contributed by atoms with Crippen LogP contribution in [0.2, 0.25) is 0 Å². The SMILES string of the molecule is CCCCCCCOc1ccc(S(=O)(=O)Cl)cc1F. The van der Waals surface area contributed by atoms with Gasteiger partial charge < -0.3 is 4.74 Å². The number of unbranched alkanes of at least 4 members (excludes halogenated alkanes) is 4. The fourth-order valence-electron chi connectivity index (χ4n) is 1.64. The number of hydrogen-bond acceptors (Lipinski definition) is 3. The molecule has 0 aliphatic heterocycles. The molecule has 0 bridgehead atoms. The highest BCUT2D eigenvalue weighted by Crippen LogP contribution is 2.23. The molecule has 0 aromatic heterocycles.